The lowest BCUT2D eigenvalue weighted by atomic mass is 10.2. The molecule has 2 heterocycles. The molecule has 0 unspecified atom stereocenters. The van der Waals surface area contributed by atoms with Gasteiger partial charge in [-0.2, -0.15) is 4.37 Å². The highest BCUT2D eigenvalue weighted by atomic mass is 35.5. The molecule has 0 atom stereocenters. The first-order valence-corrected chi connectivity index (χ1v) is 8.98. The summed E-state index contributed by atoms with van der Waals surface area (Å²) in [5.74, 6) is 1.63. The molecule has 23 heavy (non-hydrogen) atoms. The van der Waals surface area contributed by atoms with Crippen molar-refractivity contribution in [3.05, 3.63) is 47.8 Å². The molecule has 0 fully saturated rings. The van der Waals surface area contributed by atoms with Crippen LogP contribution >= 0.6 is 34.9 Å². The molecule has 0 N–H and O–H groups in total. The Bertz CT molecular complexity index is 810. The summed E-state index contributed by atoms with van der Waals surface area (Å²) >= 11 is 8.80. The summed E-state index contributed by atoms with van der Waals surface area (Å²) in [6, 6.07) is 7.55. The maximum atomic E-state index is 5.95. The topological polar surface area (TPSA) is 56.5 Å². The number of aryl methyl sites for hydroxylation is 1. The number of hydrogen-bond donors (Lipinski definition) is 0. The van der Waals surface area contributed by atoms with E-state index in [0.717, 1.165) is 33.1 Å². The first-order chi connectivity index (χ1) is 11.2. The molecule has 0 saturated heterocycles. The average molecular weight is 364 g/mol. The van der Waals surface area contributed by atoms with E-state index in [0.29, 0.717) is 11.6 Å². The van der Waals surface area contributed by atoms with E-state index in [1.54, 1.807) is 0 Å². The minimum absolute atomic E-state index is 0.618. The molecule has 0 aliphatic rings. The molecule has 118 valence electrons. The van der Waals surface area contributed by atoms with E-state index in [9.17, 15) is 0 Å². The lowest BCUT2D eigenvalue weighted by molar-refractivity contribution is 0.731. The molecule has 0 aliphatic carbocycles. The third-order valence-corrected chi connectivity index (χ3v) is 5.10. The number of rotatable bonds is 6. The normalized spacial score (nSPS) is 10.9. The van der Waals surface area contributed by atoms with E-state index in [-0.39, 0.29) is 0 Å². The fraction of sp³-hybridized carbons (Fsp3) is 0.200. The Kier molecular flexibility index (Phi) is 5.09. The van der Waals surface area contributed by atoms with Gasteiger partial charge in [0.2, 0.25) is 0 Å². The average Bonchev–Trinajstić information content (AvgIpc) is 3.17. The van der Waals surface area contributed by atoms with Crippen molar-refractivity contribution >= 4 is 34.9 Å². The molecule has 3 aromatic rings. The fourth-order valence-corrected chi connectivity index (χ4v) is 3.74. The summed E-state index contributed by atoms with van der Waals surface area (Å²) in [7, 11) is 0. The SMILES string of the molecule is C=CCn1c(Sc2nc(CC)ns2)nnc1-c1ccc(Cl)cc1. The second-order valence-corrected chi connectivity index (χ2v) is 7.05. The van der Waals surface area contributed by atoms with Crippen molar-refractivity contribution in [2.45, 2.75) is 29.4 Å². The monoisotopic (exact) mass is 363 g/mol. The molecule has 0 aliphatic heterocycles. The van der Waals surface area contributed by atoms with E-state index < -0.39 is 0 Å². The highest BCUT2D eigenvalue weighted by Crippen LogP contribution is 2.31. The van der Waals surface area contributed by atoms with Gasteiger partial charge in [-0.25, -0.2) is 4.98 Å². The van der Waals surface area contributed by atoms with Crippen LogP contribution < -0.4 is 0 Å². The Morgan fingerprint density at radius 1 is 1.30 bits per heavy atom. The van der Waals surface area contributed by atoms with Crippen LogP contribution in [0.2, 0.25) is 5.02 Å². The Labute approximate surface area is 147 Å². The van der Waals surface area contributed by atoms with Gasteiger partial charge in [0.1, 0.15) is 5.82 Å². The first-order valence-electron chi connectivity index (χ1n) is 7.01. The van der Waals surface area contributed by atoms with E-state index >= 15 is 0 Å². The van der Waals surface area contributed by atoms with Gasteiger partial charge in [0.25, 0.3) is 0 Å². The zero-order valence-electron chi connectivity index (χ0n) is 12.4. The molecule has 2 aromatic heterocycles. The Morgan fingerprint density at radius 2 is 2.09 bits per heavy atom. The molecule has 5 nitrogen and oxygen atoms in total. The smallest absolute Gasteiger partial charge is 0.198 e. The van der Waals surface area contributed by atoms with Crippen LogP contribution in [0.15, 0.2) is 46.4 Å². The number of hydrogen-bond acceptors (Lipinski definition) is 6. The predicted molar refractivity (Wildman–Crippen MR) is 94.1 cm³/mol. The second-order valence-electron chi connectivity index (χ2n) is 4.64. The minimum atomic E-state index is 0.618. The summed E-state index contributed by atoms with van der Waals surface area (Å²) in [5, 5.41) is 10.1. The third-order valence-electron chi connectivity index (χ3n) is 3.08. The van der Waals surface area contributed by atoms with Crippen molar-refractivity contribution in [1.29, 1.82) is 0 Å². The number of nitrogens with zero attached hydrogens (tertiary/aromatic N) is 5. The second kappa shape index (κ2) is 7.25. The summed E-state index contributed by atoms with van der Waals surface area (Å²) in [5.41, 5.74) is 0.960. The minimum Gasteiger partial charge on any atom is -0.298 e. The molecular weight excluding hydrogens is 350 g/mol. The molecule has 8 heteroatoms. The van der Waals surface area contributed by atoms with Gasteiger partial charge < -0.3 is 0 Å². The maximum absolute atomic E-state index is 5.95. The maximum Gasteiger partial charge on any atom is 0.198 e. The van der Waals surface area contributed by atoms with Gasteiger partial charge in [0, 0.05) is 23.6 Å². The van der Waals surface area contributed by atoms with Crippen LogP contribution in [0.4, 0.5) is 0 Å². The Hall–Kier alpha value is -1.70. The highest BCUT2D eigenvalue weighted by Gasteiger charge is 2.16. The van der Waals surface area contributed by atoms with E-state index in [4.69, 9.17) is 11.6 Å². The quantitative estimate of drug-likeness (QED) is 0.609. The number of aromatic nitrogens is 5. The molecule has 1 aromatic carbocycles. The van der Waals surface area contributed by atoms with Crippen molar-refractivity contribution in [3.63, 3.8) is 0 Å². The van der Waals surface area contributed by atoms with Crippen molar-refractivity contribution in [1.82, 2.24) is 24.1 Å². The molecule has 0 bridgehead atoms. The number of halogens is 1. The van der Waals surface area contributed by atoms with Gasteiger partial charge in [0.05, 0.1) is 0 Å². The number of benzene rings is 1. The van der Waals surface area contributed by atoms with Crippen LogP contribution in [0.25, 0.3) is 11.4 Å². The standard InChI is InChI=1S/C15H14ClN5S2/c1-3-9-21-13(10-5-7-11(16)8-6-10)18-19-14(21)22-15-17-12(4-2)20-23-15/h3,5-8H,1,4,9H2,2H3. The van der Waals surface area contributed by atoms with Crippen LogP contribution in [0.5, 0.6) is 0 Å². The van der Waals surface area contributed by atoms with Crippen LogP contribution in [0.1, 0.15) is 12.7 Å². The van der Waals surface area contributed by atoms with Crippen LogP contribution in [-0.2, 0) is 13.0 Å². The van der Waals surface area contributed by atoms with Gasteiger partial charge in [-0.3, -0.25) is 4.57 Å². The molecular formula is C15H14ClN5S2. The Balaban J connectivity index is 1.94. The van der Waals surface area contributed by atoms with Gasteiger partial charge >= 0.3 is 0 Å². The van der Waals surface area contributed by atoms with Crippen molar-refractivity contribution < 1.29 is 0 Å². The molecule has 0 spiro atoms. The third kappa shape index (κ3) is 3.63. The number of allylic oxidation sites excluding steroid dienone is 1. The molecule has 0 radical (unpaired) electrons. The molecule has 0 saturated carbocycles. The van der Waals surface area contributed by atoms with Crippen LogP contribution in [-0.4, -0.2) is 24.1 Å². The van der Waals surface area contributed by atoms with Gasteiger partial charge in [-0.15, -0.1) is 16.8 Å². The predicted octanol–water partition coefficient (Wildman–Crippen LogP) is 4.35. The van der Waals surface area contributed by atoms with E-state index in [2.05, 4.69) is 26.1 Å². The summed E-state index contributed by atoms with van der Waals surface area (Å²) in [4.78, 5) is 4.46. The fourth-order valence-electron chi connectivity index (χ4n) is 1.97. The summed E-state index contributed by atoms with van der Waals surface area (Å²) < 4.78 is 7.17. The van der Waals surface area contributed by atoms with Crippen molar-refractivity contribution in [2.75, 3.05) is 0 Å². The largest absolute Gasteiger partial charge is 0.298 e. The summed E-state index contributed by atoms with van der Waals surface area (Å²) in [6.07, 6.45) is 2.65. The van der Waals surface area contributed by atoms with Gasteiger partial charge in [-0.05, 0) is 47.6 Å². The zero-order chi connectivity index (χ0) is 16.2. The Morgan fingerprint density at radius 3 is 2.74 bits per heavy atom. The highest BCUT2D eigenvalue weighted by molar-refractivity contribution is 8.00. The molecule has 3 rings (SSSR count). The zero-order valence-corrected chi connectivity index (χ0v) is 14.8. The lowest BCUT2D eigenvalue weighted by Gasteiger charge is -2.06. The first kappa shape index (κ1) is 16.2. The lowest BCUT2D eigenvalue weighted by Crippen LogP contribution is -2.00. The van der Waals surface area contributed by atoms with E-state index in [1.165, 1.54) is 23.3 Å². The summed E-state index contributed by atoms with van der Waals surface area (Å²) in [6.45, 7) is 6.47. The van der Waals surface area contributed by atoms with Crippen molar-refractivity contribution in [2.24, 2.45) is 0 Å². The molecule has 0 amide bonds. The van der Waals surface area contributed by atoms with Gasteiger partial charge in [-0.1, -0.05) is 24.6 Å². The van der Waals surface area contributed by atoms with Gasteiger partial charge in [0.15, 0.2) is 15.3 Å². The van der Waals surface area contributed by atoms with Crippen LogP contribution in [0, 0.1) is 0 Å². The van der Waals surface area contributed by atoms with Crippen LogP contribution in [0.3, 0.4) is 0 Å². The van der Waals surface area contributed by atoms with E-state index in [1.807, 2.05) is 41.8 Å². The van der Waals surface area contributed by atoms with Crippen molar-refractivity contribution in [3.8, 4) is 11.4 Å².